The molecule has 0 unspecified atom stereocenters. The third kappa shape index (κ3) is 21.9. The summed E-state index contributed by atoms with van der Waals surface area (Å²) in [5, 5.41) is 12.5. The molecule has 144 heavy (non-hydrogen) atoms. The number of para-hydroxylation sites is 3. The van der Waals surface area contributed by atoms with Gasteiger partial charge in [0.2, 0.25) is 0 Å². The highest BCUT2D eigenvalue weighted by molar-refractivity contribution is 6.06. The Morgan fingerprint density at radius 3 is 0.868 bits per heavy atom. The summed E-state index contributed by atoms with van der Waals surface area (Å²) in [5.74, 6) is 0. The van der Waals surface area contributed by atoms with E-state index in [-0.39, 0.29) is 0 Å². The van der Waals surface area contributed by atoms with E-state index in [0.29, 0.717) is 0 Å². The zero-order valence-corrected chi connectivity index (χ0v) is 81.4. The Balaban J connectivity index is 0.000000111. The predicted octanol–water partition coefficient (Wildman–Crippen LogP) is 38.5. The summed E-state index contributed by atoms with van der Waals surface area (Å²) >= 11 is 0. The molecule has 692 valence electrons. The van der Waals surface area contributed by atoms with E-state index in [9.17, 15) is 0 Å². The fourth-order valence-electron chi connectivity index (χ4n) is 18.8. The van der Waals surface area contributed by atoms with Crippen molar-refractivity contribution >= 4 is 139 Å². The first-order chi connectivity index (χ1) is 71.0. The highest BCUT2D eigenvalue weighted by atomic mass is 15.2. The summed E-state index contributed by atoms with van der Waals surface area (Å²) in [7, 11) is 0. The molecule has 0 bridgehead atoms. The van der Waals surface area contributed by atoms with Crippen LogP contribution in [0.3, 0.4) is 0 Å². The van der Waals surface area contributed by atoms with Gasteiger partial charge in [-0.15, -0.1) is 0 Å². The number of aryl methyl sites for hydroxylation is 5. The fourth-order valence-corrected chi connectivity index (χ4v) is 18.8. The van der Waals surface area contributed by atoms with E-state index in [2.05, 4.69) is 603 Å². The first-order valence-corrected chi connectivity index (χ1v) is 49.1. The first kappa shape index (κ1) is 93.1. The van der Waals surface area contributed by atoms with Gasteiger partial charge in [-0.1, -0.05) is 386 Å². The molecular weight excluding hydrogens is 1740 g/mol. The Morgan fingerprint density at radius 1 is 0.132 bits per heavy atom. The van der Waals surface area contributed by atoms with Crippen molar-refractivity contribution in [3.63, 3.8) is 0 Å². The van der Waals surface area contributed by atoms with Crippen LogP contribution in [0.15, 0.2) is 571 Å². The van der Waals surface area contributed by atoms with Crippen molar-refractivity contribution in [3.05, 3.63) is 599 Å². The van der Waals surface area contributed by atoms with Gasteiger partial charge >= 0.3 is 0 Å². The van der Waals surface area contributed by atoms with E-state index < -0.39 is 0 Å². The smallest absolute Gasteiger partial charge is 0.0540 e. The van der Waals surface area contributed by atoms with Crippen LogP contribution >= 0.6 is 0 Å². The van der Waals surface area contributed by atoms with E-state index in [4.69, 9.17) is 0 Å². The van der Waals surface area contributed by atoms with Crippen LogP contribution in [0.1, 0.15) is 27.8 Å². The van der Waals surface area contributed by atoms with Crippen molar-refractivity contribution in [1.82, 2.24) is 9.97 Å². The molecule has 0 saturated carbocycles. The molecule has 0 amide bonds. The third-order valence-corrected chi connectivity index (χ3v) is 26.0. The van der Waals surface area contributed by atoms with Crippen LogP contribution in [0.4, 0.5) is 85.3 Å². The molecule has 0 fully saturated rings. The number of hydrogen-bond donors (Lipinski definition) is 0. The number of hydrogen-bond acceptors (Lipinski definition) is 7. The summed E-state index contributed by atoms with van der Waals surface area (Å²) in [6.07, 6.45) is 7.43. The van der Waals surface area contributed by atoms with Crippen molar-refractivity contribution in [2.24, 2.45) is 0 Å². The zero-order chi connectivity index (χ0) is 97.7. The monoisotopic (exact) mass is 1850 g/mol. The highest BCUT2D eigenvalue weighted by Gasteiger charge is 2.23. The number of fused-ring (bicyclic) bond motifs is 5. The normalized spacial score (nSPS) is 10.8. The van der Waals surface area contributed by atoms with Crippen molar-refractivity contribution < 1.29 is 0 Å². The van der Waals surface area contributed by atoms with Crippen LogP contribution in [0.2, 0.25) is 0 Å². The van der Waals surface area contributed by atoms with Gasteiger partial charge in [0.25, 0.3) is 0 Å². The molecule has 7 heteroatoms. The van der Waals surface area contributed by atoms with E-state index >= 15 is 0 Å². The lowest BCUT2D eigenvalue weighted by atomic mass is 9.97. The molecule has 0 radical (unpaired) electrons. The molecule has 7 nitrogen and oxygen atoms in total. The van der Waals surface area contributed by atoms with Gasteiger partial charge in [0.15, 0.2) is 0 Å². The minimum Gasteiger partial charge on any atom is -0.310 e. The van der Waals surface area contributed by atoms with Crippen LogP contribution in [0.25, 0.3) is 98.4 Å². The van der Waals surface area contributed by atoms with Crippen LogP contribution in [-0.4, -0.2) is 9.97 Å². The van der Waals surface area contributed by atoms with Gasteiger partial charge in [0, 0.05) is 115 Å². The SMILES string of the molecule is Cc1ccc(N(c2ccc(-c3cccnc3)cc2)c2cc(-c3ccccc3)cc(-c3ccccc3)c2)cc1.Cc1ccc(N(c2cccc3ccccc23)c2cccc3ccccc23)cc1.Cc1ccc(N(c2ccccc2)c2cccc3ccccc23)cc1.Cc1ccc2cc(N(c3ccccc3)c3ccccc3)ccc2c1.Cc1cccc(N(c2cccc(-c3cccnc3)c2)c2ccc3ccccc3c2)c1. The molecule has 0 spiro atoms. The minimum absolute atomic E-state index is 1.10. The number of nitrogens with zero attached hydrogens (tertiary/aromatic N) is 7. The maximum absolute atomic E-state index is 4.29. The maximum atomic E-state index is 4.29. The van der Waals surface area contributed by atoms with E-state index in [1.54, 1.807) is 6.20 Å². The van der Waals surface area contributed by atoms with Crippen molar-refractivity contribution in [2.45, 2.75) is 34.6 Å². The summed E-state index contributed by atoms with van der Waals surface area (Å²) in [5.41, 5.74) is 32.9. The second kappa shape index (κ2) is 44.5. The lowest BCUT2D eigenvalue weighted by Gasteiger charge is -2.28. The molecule has 2 aromatic heterocycles. The number of pyridine rings is 2. The van der Waals surface area contributed by atoms with E-state index in [0.717, 1.165) is 73.4 Å². The number of anilines is 15. The molecule has 0 N–H and O–H groups in total. The minimum atomic E-state index is 1.10. The molecule has 22 aromatic carbocycles. The summed E-state index contributed by atoms with van der Waals surface area (Å²) in [6, 6.07) is 194. The lowest BCUT2D eigenvalue weighted by molar-refractivity contribution is 1.27. The molecule has 0 aliphatic heterocycles. The van der Waals surface area contributed by atoms with Gasteiger partial charge < -0.3 is 24.5 Å². The van der Waals surface area contributed by atoms with Gasteiger partial charge in [-0.3, -0.25) is 9.97 Å². The maximum Gasteiger partial charge on any atom is 0.0540 e. The second-order valence-electron chi connectivity index (χ2n) is 36.2. The molecule has 2 heterocycles. The Morgan fingerprint density at radius 2 is 0.403 bits per heavy atom. The summed E-state index contributed by atoms with van der Waals surface area (Å²) < 4.78 is 0. The molecule has 0 atom stereocenters. The van der Waals surface area contributed by atoms with Gasteiger partial charge in [-0.05, 0) is 299 Å². The zero-order valence-electron chi connectivity index (χ0n) is 81.4. The van der Waals surface area contributed by atoms with Crippen LogP contribution < -0.4 is 24.5 Å². The molecule has 24 rings (SSSR count). The molecule has 0 aliphatic rings. The Labute approximate surface area is 845 Å². The Bertz CT molecular complexity index is 8210. The molecule has 0 saturated heterocycles. The van der Waals surface area contributed by atoms with Crippen molar-refractivity contribution in [3.8, 4) is 44.5 Å². The Hall–Kier alpha value is -18.6. The third-order valence-electron chi connectivity index (χ3n) is 26.0. The number of aromatic nitrogens is 2. The summed E-state index contributed by atoms with van der Waals surface area (Å²) in [6.45, 7) is 10.6. The number of benzene rings is 22. The lowest BCUT2D eigenvalue weighted by Crippen LogP contribution is -2.11. The van der Waals surface area contributed by atoms with Gasteiger partial charge in [0.1, 0.15) is 0 Å². The van der Waals surface area contributed by atoms with E-state index in [1.807, 2.05) is 30.7 Å². The summed E-state index contributed by atoms with van der Waals surface area (Å²) in [4.78, 5) is 20.2. The second-order valence-corrected chi connectivity index (χ2v) is 36.2. The predicted molar refractivity (Wildman–Crippen MR) is 614 cm³/mol. The van der Waals surface area contributed by atoms with Crippen LogP contribution in [0.5, 0.6) is 0 Å². The average Bonchev–Trinajstić information content (AvgIpc) is 0.782. The Kier molecular flexibility index (Phi) is 28.8. The van der Waals surface area contributed by atoms with E-state index in [1.165, 1.54) is 138 Å². The molecular formula is C137H109N7. The van der Waals surface area contributed by atoms with Gasteiger partial charge in [-0.2, -0.15) is 0 Å². The topological polar surface area (TPSA) is 42.0 Å². The van der Waals surface area contributed by atoms with Crippen LogP contribution in [0, 0.1) is 34.6 Å². The van der Waals surface area contributed by atoms with Gasteiger partial charge in [-0.25, -0.2) is 0 Å². The van der Waals surface area contributed by atoms with Crippen LogP contribution in [-0.2, 0) is 0 Å². The average molecular weight is 1850 g/mol. The van der Waals surface area contributed by atoms with Crippen molar-refractivity contribution in [1.29, 1.82) is 0 Å². The van der Waals surface area contributed by atoms with Gasteiger partial charge in [0.05, 0.1) is 17.1 Å². The number of rotatable bonds is 19. The van der Waals surface area contributed by atoms with Crippen molar-refractivity contribution in [2.75, 3.05) is 24.5 Å². The molecule has 24 aromatic rings. The largest absolute Gasteiger partial charge is 0.310 e. The highest BCUT2D eigenvalue weighted by Crippen LogP contribution is 2.47. The standard InChI is InChI=1S/C36H28N2.C28H22N2.C27H21N.2C23H19N/c1-27-14-18-34(19-15-27)38(35-20-16-30(17-21-35)31-13-8-22-37-26-31)36-24-32(28-9-4-2-5-10-28)23-33(25-36)29-11-6-3-7-12-29;1-21-7-4-12-26(17-21)30(28-15-14-22-8-2-3-9-23(22)18-28)27-13-5-10-24(19-27)25-11-6-16-29-20-25;1-20-16-18-23(19-17-20)28(26-14-6-10-21-8-2-4-12-24(21)26)27-15-7-11-22-9-3-5-13-25(22)27;1-18-12-13-20-17-23(15-14-19(20)16-18)24(21-8-4-2-5-9-21)22-10-6-3-7-11-22;1-18-14-16-21(17-15-18)24(20-10-3-2-4-11-20)23-13-7-9-19-8-5-6-12-22(19)23/h2-26H,1H3;2-20H,1H3;2-19H,1H3;2*2-17H,1H3. The fraction of sp³-hybridized carbons (Fsp3) is 0.0365. The quantitative estimate of drug-likeness (QED) is 0.0799. The molecule has 0 aliphatic carbocycles. The first-order valence-electron chi connectivity index (χ1n) is 49.1.